The minimum Gasteiger partial charge on any atom is -0.469 e. The molecule has 0 bridgehead atoms. The highest BCUT2D eigenvalue weighted by Gasteiger charge is 2.57. The maximum atomic E-state index is 10.9. The highest BCUT2D eigenvalue weighted by Crippen LogP contribution is 2.59. The molecule has 0 saturated heterocycles. The molecule has 1 N–H and O–H groups in total. The van der Waals surface area contributed by atoms with Crippen molar-refractivity contribution in [1.82, 2.24) is 0 Å². The van der Waals surface area contributed by atoms with Gasteiger partial charge in [0, 0.05) is 13.0 Å². The van der Waals surface area contributed by atoms with Crippen LogP contribution in [0.4, 0.5) is 0 Å². The SMILES string of the molecule is COC(=O)C[C@@H]1[C@H](CO)C1(C)C. The van der Waals surface area contributed by atoms with Gasteiger partial charge in [0.25, 0.3) is 0 Å². The Morgan fingerprint density at radius 1 is 1.50 bits per heavy atom. The molecule has 0 aromatic heterocycles. The minimum absolute atomic E-state index is 0.114. The van der Waals surface area contributed by atoms with E-state index in [1.54, 1.807) is 0 Å². The van der Waals surface area contributed by atoms with Crippen LogP contribution in [-0.2, 0) is 9.53 Å². The van der Waals surface area contributed by atoms with Crippen LogP contribution in [0.5, 0.6) is 0 Å². The lowest BCUT2D eigenvalue weighted by Crippen LogP contribution is -2.03. The third kappa shape index (κ3) is 1.46. The Labute approximate surface area is 72.7 Å². The molecule has 0 amide bonds. The number of carbonyl (C=O) groups excluding carboxylic acids is 1. The second-order valence-electron chi connectivity index (χ2n) is 4.00. The summed E-state index contributed by atoms with van der Waals surface area (Å²) in [5, 5.41) is 8.95. The summed E-state index contributed by atoms with van der Waals surface area (Å²) in [6.07, 6.45) is 0.439. The average Bonchev–Trinajstić information content (AvgIpc) is 2.53. The van der Waals surface area contributed by atoms with Crippen molar-refractivity contribution in [2.45, 2.75) is 20.3 Å². The van der Waals surface area contributed by atoms with Gasteiger partial charge in [-0.1, -0.05) is 13.8 Å². The zero-order chi connectivity index (χ0) is 9.35. The summed E-state index contributed by atoms with van der Waals surface area (Å²) in [6.45, 7) is 4.32. The van der Waals surface area contributed by atoms with Crippen LogP contribution in [0.1, 0.15) is 20.3 Å². The summed E-state index contributed by atoms with van der Waals surface area (Å²) >= 11 is 0. The van der Waals surface area contributed by atoms with E-state index in [1.165, 1.54) is 7.11 Å². The van der Waals surface area contributed by atoms with Gasteiger partial charge in [0.05, 0.1) is 7.11 Å². The van der Waals surface area contributed by atoms with Crippen molar-refractivity contribution >= 4 is 5.97 Å². The third-order valence-electron chi connectivity index (χ3n) is 3.10. The normalized spacial score (nSPS) is 31.3. The minimum atomic E-state index is -0.177. The van der Waals surface area contributed by atoms with E-state index in [2.05, 4.69) is 18.6 Å². The number of esters is 1. The molecule has 0 heterocycles. The Kier molecular flexibility index (Phi) is 2.42. The molecular formula is C9H16O3. The molecule has 1 fully saturated rings. The van der Waals surface area contributed by atoms with Crippen molar-refractivity contribution in [3.63, 3.8) is 0 Å². The van der Waals surface area contributed by atoms with Crippen molar-refractivity contribution < 1.29 is 14.6 Å². The number of aliphatic hydroxyl groups excluding tert-OH is 1. The standard InChI is InChI=1S/C9H16O3/c1-9(2)6(7(9)5-10)4-8(11)12-3/h6-7,10H,4-5H2,1-3H3/t6-,7+/m1/s1. The number of carbonyl (C=O) groups is 1. The van der Waals surface area contributed by atoms with Crippen LogP contribution in [0.2, 0.25) is 0 Å². The maximum Gasteiger partial charge on any atom is 0.305 e. The molecule has 1 rings (SSSR count). The Morgan fingerprint density at radius 3 is 2.42 bits per heavy atom. The fraction of sp³-hybridized carbons (Fsp3) is 0.889. The summed E-state index contributed by atoms with van der Waals surface area (Å²) in [5.74, 6) is 0.399. The first-order valence-corrected chi connectivity index (χ1v) is 4.21. The molecule has 1 saturated carbocycles. The van der Waals surface area contributed by atoms with Crippen molar-refractivity contribution in [3.8, 4) is 0 Å². The van der Waals surface area contributed by atoms with Gasteiger partial charge in [-0.25, -0.2) is 0 Å². The quantitative estimate of drug-likeness (QED) is 0.641. The van der Waals surface area contributed by atoms with Gasteiger partial charge in [0.2, 0.25) is 0 Å². The van der Waals surface area contributed by atoms with Crippen LogP contribution in [0, 0.1) is 17.3 Å². The summed E-state index contributed by atoms with van der Waals surface area (Å²) in [5.41, 5.74) is 0.114. The summed E-state index contributed by atoms with van der Waals surface area (Å²) < 4.78 is 4.57. The first-order chi connectivity index (χ1) is 5.54. The highest BCUT2D eigenvalue weighted by molar-refractivity contribution is 5.70. The first-order valence-electron chi connectivity index (χ1n) is 4.21. The molecule has 0 spiro atoms. The topological polar surface area (TPSA) is 46.5 Å². The Balaban J connectivity index is 2.42. The zero-order valence-corrected chi connectivity index (χ0v) is 7.83. The predicted octanol–water partition coefficient (Wildman–Crippen LogP) is 0.814. The van der Waals surface area contributed by atoms with Crippen LogP contribution >= 0.6 is 0 Å². The van der Waals surface area contributed by atoms with E-state index >= 15 is 0 Å². The van der Waals surface area contributed by atoms with Gasteiger partial charge in [-0.2, -0.15) is 0 Å². The number of ether oxygens (including phenoxy) is 1. The molecule has 2 atom stereocenters. The predicted molar refractivity (Wildman–Crippen MR) is 44.5 cm³/mol. The molecule has 3 heteroatoms. The Morgan fingerprint density at radius 2 is 2.08 bits per heavy atom. The van der Waals surface area contributed by atoms with Gasteiger partial charge in [-0.3, -0.25) is 4.79 Å². The van der Waals surface area contributed by atoms with Crippen molar-refractivity contribution in [3.05, 3.63) is 0 Å². The van der Waals surface area contributed by atoms with E-state index in [4.69, 9.17) is 5.11 Å². The lowest BCUT2D eigenvalue weighted by atomic mass is 10.1. The monoisotopic (exact) mass is 172 g/mol. The average molecular weight is 172 g/mol. The van der Waals surface area contributed by atoms with Crippen LogP contribution in [0.25, 0.3) is 0 Å². The fourth-order valence-electron chi connectivity index (χ4n) is 1.89. The first kappa shape index (κ1) is 9.52. The van der Waals surface area contributed by atoms with Crippen LogP contribution in [0.3, 0.4) is 0 Å². The molecule has 1 aliphatic rings. The van der Waals surface area contributed by atoms with Crippen molar-refractivity contribution in [2.24, 2.45) is 17.3 Å². The molecule has 3 nitrogen and oxygen atoms in total. The molecule has 0 unspecified atom stereocenters. The van der Waals surface area contributed by atoms with Gasteiger partial charge >= 0.3 is 5.97 Å². The highest BCUT2D eigenvalue weighted by atomic mass is 16.5. The van der Waals surface area contributed by atoms with Crippen molar-refractivity contribution in [1.29, 1.82) is 0 Å². The molecule has 70 valence electrons. The Hall–Kier alpha value is -0.570. The lowest BCUT2D eigenvalue weighted by Gasteiger charge is -2.00. The van der Waals surface area contributed by atoms with E-state index in [-0.39, 0.29) is 23.9 Å². The molecule has 0 aromatic rings. The molecule has 12 heavy (non-hydrogen) atoms. The van der Waals surface area contributed by atoms with E-state index in [0.29, 0.717) is 12.3 Å². The van der Waals surface area contributed by atoms with Gasteiger partial charge in [0.1, 0.15) is 0 Å². The number of aliphatic hydroxyl groups is 1. The smallest absolute Gasteiger partial charge is 0.305 e. The van der Waals surface area contributed by atoms with Crippen LogP contribution in [-0.4, -0.2) is 24.8 Å². The second-order valence-corrected chi connectivity index (χ2v) is 4.00. The molecule has 0 radical (unpaired) electrons. The summed E-state index contributed by atoms with van der Waals surface area (Å²) in [7, 11) is 1.39. The van der Waals surface area contributed by atoms with Crippen LogP contribution < -0.4 is 0 Å². The number of hydrogen-bond acceptors (Lipinski definition) is 3. The molecule has 0 aliphatic heterocycles. The van der Waals surface area contributed by atoms with E-state index in [9.17, 15) is 4.79 Å². The van der Waals surface area contributed by atoms with E-state index < -0.39 is 0 Å². The lowest BCUT2D eigenvalue weighted by molar-refractivity contribution is -0.141. The van der Waals surface area contributed by atoms with E-state index in [1.807, 2.05) is 0 Å². The van der Waals surface area contributed by atoms with Gasteiger partial charge < -0.3 is 9.84 Å². The number of rotatable bonds is 3. The molecule has 1 aliphatic carbocycles. The van der Waals surface area contributed by atoms with Crippen LogP contribution in [0.15, 0.2) is 0 Å². The Bertz CT molecular complexity index is 186. The van der Waals surface area contributed by atoms with E-state index in [0.717, 1.165) is 0 Å². The number of methoxy groups -OCH3 is 1. The number of hydrogen-bond donors (Lipinski definition) is 1. The molecular weight excluding hydrogens is 156 g/mol. The summed E-state index contributed by atoms with van der Waals surface area (Å²) in [6, 6.07) is 0. The third-order valence-corrected chi connectivity index (χ3v) is 3.10. The second kappa shape index (κ2) is 3.05. The van der Waals surface area contributed by atoms with Gasteiger partial charge in [-0.15, -0.1) is 0 Å². The van der Waals surface area contributed by atoms with Gasteiger partial charge in [0.15, 0.2) is 0 Å². The fourth-order valence-corrected chi connectivity index (χ4v) is 1.89. The maximum absolute atomic E-state index is 10.9. The van der Waals surface area contributed by atoms with Crippen molar-refractivity contribution in [2.75, 3.05) is 13.7 Å². The largest absolute Gasteiger partial charge is 0.469 e. The summed E-state index contributed by atoms with van der Waals surface area (Å²) in [4.78, 5) is 10.9. The van der Waals surface area contributed by atoms with Gasteiger partial charge in [-0.05, 0) is 17.3 Å². The molecule has 0 aromatic carbocycles. The zero-order valence-electron chi connectivity index (χ0n) is 7.83.